The van der Waals surface area contributed by atoms with Crippen molar-refractivity contribution in [3.05, 3.63) is 29.6 Å². The van der Waals surface area contributed by atoms with Crippen molar-refractivity contribution in [2.24, 2.45) is 12.8 Å². The van der Waals surface area contributed by atoms with Crippen molar-refractivity contribution in [1.29, 1.82) is 0 Å². The van der Waals surface area contributed by atoms with Crippen molar-refractivity contribution in [1.82, 2.24) is 9.55 Å². The lowest BCUT2D eigenvalue weighted by Gasteiger charge is -1.96. The third-order valence-corrected chi connectivity index (χ3v) is 2.44. The van der Waals surface area contributed by atoms with Crippen LogP contribution in [0, 0.1) is 6.92 Å². The molecule has 0 unspecified atom stereocenters. The van der Waals surface area contributed by atoms with Crippen LogP contribution in [0.2, 0.25) is 0 Å². The summed E-state index contributed by atoms with van der Waals surface area (Å²) in [5, 5.41) is 1.03. The van der Waals surface area contributed by atoms with E-state index in [1.807, 2.05) is 30.9 Å². The quantitative estimate of drug-likeness (QED) is 0.718. The molecule has 2 N–H and O–H groups in total. The molecule has 0 atom stereocenters. The number of rotatable bonds is 1. The molecule has 0 spiro atoms. The number of pyridine rings is 1. The Morgan fingerprint density at radius 1 is 1.57 bits per heavy atom. The van der Waals surface area contributed by atoms with Gasteiger partial charge in [-0.25, -0.2) is 4.98 Å². The minimum absolute atomic E-state index is 0.419. The number of nitrogens with two attached hydrogens (primary N) is 1. The molecule has 0 saturated heterocycles. The normalized spacial score (nSPS) is 10.7. The topological polar surface area (TPSA) is 43.8 Å². The highest BCUT2D eigenvalue weighted by Crippen LogP contribution is 2.19. The van der Waals surface area contributed by atoms with Gasteiger partial charge in [0, 0.05) is 30.4 Å². The Bertz CT molecular complexity index is 513. The molecular formula is C10H11N3S. The maximum atomic E-state index is 5.63. The highest BCUT2D eigenvalue weighted by atomic mass is 32.1. The molecule has 0 bridgehead atoms. The van der Waals surface area contributed by atoms with Crippen LogP contribution in [-0.2, 0) is 7.05 Å². The molecule has 2 aromatic rings. The van der Waals surface area contributed by atoms with Crippen molar-refractivity contribution in [3.8, 4) is 0 Å². The third kappa shape index (κ3) is 1.28. The van der Waals surface area contributed by atoms with Crippen LogP contribution in [0.4, 0.5) is 0 Å². The standard InChI is InChI=1S/C10H11N3S/c1-6-3-7-8(9(11)14)5-13(2)10(7)12-4-6/h3-5H,1-2H3,(H2,11,14). The van der Waals surface area contributed by atoms with Gasteiger partial charge >= 0.3 is 0 Å². The van der Waals surface area contributed by atoms with Crippen LogP contribution < -0.4 is 5.73 Å². The summed E-state index contributed by atoms with van der Waals surface area (Å²) in [6.45, 7) is 2.00. The van der Waals surface area contributed by atoms with E-state index in [-0.39, 0.29) is 0 Å². The zero-order valence-electron chi connectivity index (χ0n) is 8.11. The molecule has 72 valence electrons. The highest BCUT2D eigenvalue weighted by Gasteiger charge is 2.09. The van der Waals surface area contributed by atoms with Crippen LogP contribution in [0.15, 0.2) is 18.5 Å². The fraction of sp³-hybridized carbons (Fsp3) is 0.200. The van der Waals surface area contributed by atoms with Crippen LogP contribution in [-0.4, -0.2) is 14.5 Å². The minimum atomic E-state index is 0.419. The minimum Gasteiger partial charge on any atom is -0.389 e. The number of fused-ring (bicyclic) bond motifs is 1. The third-order valence-electron chi connectivity index (χ3n) is 2.22. The van der Waals surface area contributed by atoms with Gasteiger partial charge < -0.3 is 10.3 Å². The number of aromatic nitrogens is 2. The maximum Gasteiger partial charge on any atom is 0.140 e. The van der Waals surface area contributed by atoms with Crippen LogP contribution in [0.3, 0.4) is 0 Å². The maximum absolute atomic E-state index is 5.63. The summed E-state index contributed by atoms with van der Waals surface area (Å²) < 4.78 is 1.93. The van der Waals surface area contributed by atoms with E-state index in [2.05, 4.69) is 11.1 Å². The van der Waals surface area contributed by atoms with Gasteiger partial charge in [-0.1, -0.05) is 12.2 Å². The summed E-state index contributed by atoms with van der Waals surface area (Å²) in [5.41, 5.74) is 8.56. The van der Waals surface area contributed by atoms with E-state index >= 15 is 0 Å². The van der Waals surface area contributed by atoms with E-state index in [9.17, 15) is 0 Å². The van der Waals surface area contributed by atoms with E-state index in [0.29, 0.717) is 4.99 Å². The molecule has 0 aromatic carbocycles. The first-order chi connectivity index (χ1) is 6.59. The van der Waals surface area contributed by atoms with Gasteiger partial charge in [-0.05, 0) is 18.6 Å². The first-order valence-corrected chi connectivity index (χ1v) is 4.72. The van der Waals surface area contributed by atoms with Gasteiger partial charge in [-0.15, -0.1) is 0 Å². The van der Waals surface area contributed by atoms with E-state index in [1.54, 1.807) is 0 Å². The molecule has 0 amide bonds. The summed E-state index contributed by atoms with van der Waals surface area (Å²) in [7, 11) is 1.94. The van der Waals surface area contributed by atoms with E-state index < -0.39 is 0 Å². The predicted octanol–water partition coefficient (Wildman–Crippen LogP) is 1.52. The Morgan fingerprint density at radius 3 is 2.93 bits per heavy atom. The Balaban J connectivity index is 2.85. The van der Waals surface area contributed by atoms with Crippen LogP contribution >= 0.6 is 12.2 Å². The molecule has 2 rings (SSSR count). The SMILES string of the molecule is Cc1cnc2c(c1)c(C(N)=S)cn2C. The average molecular weight is 205 g/mol. The van der Waals surface area contributed by atoms with Gasteiger partial charge in [0.15, 0.2) is 0 Å². The molecule has 2 aromatic heterocycles. The fourth-order valence-electron chi connectivity index (χ4n) is 1.56. The number of hydrogen-bond donors (Lipinski definition) is 1. The van der Waals surface area contributed by atoms with Gasteiger partial charge in [-0.2, -0.15) is 0 Å². The van der Waals surface area contributed by atoms with Crippen molar-refractivity contribution >= 4 is 28.2 Å². The Morgan fingerprint density at radius 2 is 2.29 bits per heavy atom. The first kappa shape index (κ1) is 9.15. The van der Waals surface area contributed by atoms with E-state index in [0.717, 1.165) is 22.2 Å². The Labute approximate surface area is 87.5 Å². The van der Waals surface area contributed by atoms with Gasteiger partial charge in [0.25, 0.3) is 0 Å². The summed E-state index contributed by atoms with van der Waals surface area (Å²) in [4.78, 5) is 4.75. The smallest absolute Gasteiger partial charge is 0.140 e. The lowest BCUT2D eigenvalue weighted by atomic mass is 10.2. The molecule has 3 nitrogen and oxygen atoms in total. The Kier molecular flexibility index (Phi) is 2.00. The molecule has 0 fully saturated rings. The summed E-state index contributed by atoms with van der Waals surface area (Å²) in [6, 6.07) is 2.05. The summed E-state index contributed by atoms with van der Waals surface area (Å²) in [5.74, 6) is 0. The average Bonchev–Trinajstić information content (AvgIpc) is 2.43. The molecular weight excluding hydrogens is 194 g/mol. The van der Waals surface area contributed by atoms with Gasteiger partial charge in [0.2, 0.25) is 0 Å². The molecule has 14 heavy (non-hydrogen) atoms. The second-order valence-electron chi connectivity index (χ2n) is 3.40. The molecule has 0 aliphatic carbocycles. The second kappa shape index (κ2) is 3.06. The fourth-order valence-corrected chi connectivity index (χ4v) is 1.72. The molecule has 0 aliphatic heterocycles. The number of hydrogen-bond acceptors (Lipinski definition) is 2. The molecule has 2 heterocycles. The monoisotopic (exact) mass is 205 g/mol. The lowest BCUT2D eigenvalue weighted by molar-refractivity contribution is 0.946. The first-order valence-electron chi connectivity index (χ1n) is 4.31. The zero-order chi connectivity index (χ0) is 10.3. The van der Waals surface area contributed by atoms with Crippen molar-refractivity contribution in [2.45, 2.75) is 6.92 Å². The predicted molar refractivity (Wildman–Crippen MR) is 61.3 cm³/mol. The second-order valence-corrected chi connectivity index (χ2v) is 3.84. The van der Waals surface area contributed by atoms with Gasteiger partial charge in [0.05, 0.1) is 0 Å². The van der Waals surface area contributed by atoms with Crippen LogP contribution in [0.1, 0.15) is 11.1 Å². The Hall–Kier alpha value is -1.42. The van der Waals surface area contributed by atoms with Crippen LogP contribution in [0.25, 0.3) is 11.0 Å². The number of nitrogens with zero attached hydrogens (tertiary/aromatic N) is 2. The molecule has 0 radical (unpaired) electrons. The number of thiocarbonyl (C=S) groups is 1. The van der Waals surface area contributed by atoms with E-state index in [4.69, 9.17) is 18.0 Å². The largest absolute Gasteiger partial charge is 0.389 e. The van der Waals surface area contributed by atoms with Crippen molar-refractivity contribution in [3.63, 3.8) is 0 Å². The van der Waals surface area contributed by atoms with Gasteiger partial charge in [0.1, 0.15) is 10.6 Å². The van der Waals surface area contributed by atoms with Crippen molar-refractivity contribution < 1.29 is 0 Å². The zero-order valence-corrected chi connectivity index (χ0v) is 8.93. The highest BCUT2D eigenvalue weighted by molar-refractivity contribution is 7.80. The molecule has 0 saturated carbocycles. The summed E-state index contributed by atoms with van der Waals surface area (Å²) >= 11 is 4.98. The van der Waals surface area contributed by atoms with E-state index in [1.165, 1.54) is 0 Å². The summed E-state index contributed by atoms with van der Waals surface area (Å²) in [6.07, 6.45) is 3.76. The van der Waals surface area contributed by atoms with Crippen molar-refractivity contribution in [2.75, 3.05) is 0 Å². The molecule has 4 heteroatoms. The molecule has 0 aliphatic rings. The van der Waals surface area contributed by atoms with Gasteiger partial charge in [-0.3, -0.25) is 0 Å². The number of aryl methyl sites for hydroxylation is 2. The van der Waals surface area contributed by atoms with Crippen LogP contribution in [0.5, 0.6) is 0 Å². The lowest BCUT2D eigenvalue weighted by Crippen LogP contribution is -2.08.